The Balaban J connectivity index is 1.82. The summed E-state index contributed by atoms with van der Waals surface area (Å²) in [7, 11) is 0. The molecule has 0 aliphatic heterocycles. The zero-order chi connectivity index (χ0) is 25.2. The van der Waals surface area contributed by atoms with Gasteiger partial charge >= 0.3 is 6.09 Å². The molecule has 0 aliphatic carbocycles. The number of carbonyl (C=O) groups excluding carboxylic acids is 1. The van der Waals surface area contributed by atoms with Crippen molar-refractivity contribution < 1.29 is 18.7 Å². The van der Waals surface area contributed by atoms with Crippen molar-refractivity contribution in [3.8, 4) is 17.2 Å². The van der Waals surface area contributed by atoms with Gasteiger partial charge in [0, 0.05) is 17.3 Å². The predicted octanol–water partition coefficient (Wildman–Crippen LogP) is 5.78. The number of nitrogens with one attached hydrogen (secondary N) is 1. The maximum absolute atomic E-state index is 13.6. The molecule has 0 spiro atoms. The first kappa shape index (κ1) is 24.2. The van der Waals surface area contributed by atoms with E-state index in [9.17, 15) is 14.0 Å². The number of ether oxygens (including phenoxy) is 2. The number of nitrogens with zero attached hydrogens (tertiary/aromatic N) is 3. The number of hydrogen-bond acceptors (Lipinski definition) is 7. The molecule has 4 aromatic rings. The van der Waals surface area contributed by atoms with Gasteiger partial charge < -0.3 is 9.47 Å². The minimum Gasteiger partial charge on any atom is -0.452 e. The highest BCUT2D eigenvalue weighted by atomic mass is 32.2. The number of aromatic nitrogens is 3. The molecule has 2 heterocycles. The summed E-state index contributed by atoms with van der Waals surface area (Å²) < 4.78 is 25.8. The fourth-order valence-corrected chi connectivity index (χ4v) is 3.58. The Labute approximate surface area is 205 Å². The lowest BCUT2D eigenvalue weighted by Crippen LogP contribution is -2.27. The Kier molecular flexibility index (Phi) is 6.74. The van der Waals surface area contributed by atoms with Crippen molar-refractivity contribution in [2.45, 2.75) is 31.5 Å². The molecular formula is C25H23FN4O4S. The fourth-order valence-electron chi connectivity index (χ4n) is 3.24. The number of anilines is 1. The Morgan fingerprint density at radius 2 is 1.86 bits per heavy atom. The van der Waals surface area contributed by atoms with Crippen LogP contribution >= 0.6 is 11.8 Å². The summed E-state index contributed by atoms with van der Waals surface area (Å²) in [4.78, 5) is 34.6. The van der Waals surface area contributed by atoms with Crippen LogP contribution in [0.3, 0.4) is 0 Å². The van der Waals surface area contributed by atoms with Crippen molar-refractivity contribution in [3.63, 3.8) is 0 Å². The topological polar surface area (TPSA) is 95.3 Å². The van der Waals surface area contributed by atoms with Crippen LogP contribution in [0.2, 0.25) is 0 Å². The predicted molar refractivity (Wildman–Crippen MR) is 133 cm³/mol. The molecule has 0 bridgehead atoms. The van der Waals surface area contributed by atoms with Gasteiger partial charge in [-0.05, 0) is 75.6 Å². The third-order valence-electron chi connectivity index (χ3n) is 4.66. The lowest BCUT2D eigenvalue weighted by atomic mass is 10.2. The summed E-state index contributed by atoms with van der Waals surface area (Å²) >= 11 is 1.34. The molecule has 8 nitrogen and oxygen atoms in total. The molecular weight excluding hydrogens is 471 g/mol. The molecule has 35 heavy (non-hydrogen) atoms. The lowest BCUT2D eigenvalue weighted by molar-refractivity contribution is 0.0636. The van der Waals surface area contributed by atoms with Crippen molar-refractivity contribution in [3.05, 3.63) is 77.0 Å². The van der Waals surface area contributed by atoms with Crippen LogP contribution in [0.15, 0.2) is 70.7 Å². The molecule has 2 aromatic heterocycles. The van der Waals surface area contributed by atoms with Crippen LogP contribution in [0, 0.1) is 5.82 Å². The van der Waals surface area contributed by atoms with Crippen LogP contribution in [-0.4, -0.2) is 32.5 Å². The van der Waals surface area contributed by atoms with Gasteiger partial charge in [0.1, 0.15) is 17.2 Å². The fraction of sp³-hybridized carbons (Fsp3) is 0.200. The highest BCUT2D eigenvalue weighted by molar-refractivity contribution is 7.98. The zero-order valence-electron chi connectivity index (χ0n) is 19.5. The molecule has 2 aromatic carbocycles. The van der Waals surface area contributed by atoms with Gasteiger partial charge in [-0.1, -0.05) is 17.8 Å². The van der Waals surface area contributed by atoms with E-state index in [1.807, 2.05) is 6.26 Å². The number of pyridine rings is 1. The molecule has 0 aliphatic rings. The monoisotopic (exact) mass is 494 g/mol. The summed E-state index contributed by atoms with van der Waals surface area (Å²) in [5, 5.41) is 3.73. The van der Waals surface area contributed by atoms with Gasteiger partial charge in [0.25, 0.3) is 5.56 Å². The minimum absolute atomic E-state index is 0.00937. The molecule has 0 saturated heterocycles. The largest absolute Gasteiger partial charge is 0.452 e. The Bertz CT molecular complexity index is 1450. The molecule has 4 rings (SSSR count). The molecule has 0 fully saturated rings. The highest BCUT2D eigenvalue weighted by Gasteiger charge is 2.18. The summed E-state index contributed by atoms with van der Waals surface area (Å²) in [6, 6.07) is 13.6. The normalized spacial score (nSPS) is 11.3. The van der Waals surface area contributed by atoms with E-state index in [1.54, 1.807) is 57.3 Å². The third kappa shape index (κ3) is 5.78. The first-order valence-corrected chi connectivity index (χ1v) is 11.9. The minimum atomic E-state index is -0.661. The van der Waals surface area contributed by atoms with Gasteiger partial charge in [-0.2, -0.15) is 0 Å². The van der Waals surface area contributed by atoms with Crippen molar-refractivity contribution in [2.75, 3.05) is 11.6 Å². The molecule has 0 radical (unpaired) electrons. The molecule has 1 amide bonds. The summed E-state index contributed by atoms with van der Waals surface area (Å²) in [5.41, 5.74) is 0.105. The first-order valence-electron chi connectivity index (χ1n) is 10.6. The number of rotatable bonds is 5. The van der Waals surface area contributed by atoms with Crippen molar-refractivity contribution in [1.82, 2.24) is 14.5 Å². The second-order valence-corrected chi connectivity index (χ2v) is 9.29. The summed E-state index contributed by atoms with van der Waals surface area (Å²) in [5.74, 6) is -0.105. The van der Waals surface area contributed by atoms with Crippen LogP contribution in [0.4, 0.5) is 14.9 Å². The van der Waals surface area contributed by atoms with E-state index in [0.29, 0.717) is 33.3 Å². The van der Waals surface area contributed by atoms with Crippen LogP contribution in [0.5, 0.6) is 11.5 Å². The van der Waals surface area contributed by atoms with Crippen LogP contribution in [0.25, 0.3) is 16.7 Å². The standard InChI is InChI=1S/C25H23FN4O4S/c1-25(2,3)34-24(32)28-17-6-5-7-18(13-17)30-21-15(14-27-23(29-21)35-4)12-20(22(30)31)33-19-10-8-16(26)9-11-19/h5-14H,1-4H3,(H,28,32). The smallest absolute Gasteiger partial charge is 0.412 e. The molecule has 1 N–H and O–H groups in total. The van der Waals surface area contributed by atoms with Gasteiger partial charge in [-0.3, -0.25) is 14.7 Å². The van der Waals surface area contributed by atoms with Crippen molar-refractivity contribution in [2.24, 2.45) is 0 Å². The Morgan fingerprint density at radius 3 is 2.54 bits per heavy atom. The van der Waals surface area contributed by atoms with E-state index >= 15 is 0 Å². The molecule has 180 valence electrons. The van der Waals surface area contributed by atoms with E-state index in [-0.39, 0.29) is 5.75 Å². The SMILES string of the molecule is CSc1ncc2cc(Oc3ccc(F)cc3)c(=O)n(-c3cccc(NC(=O)OC(C)(C)C)c3)c2n1. The second-order valence-electron chi connectivity index (χ2n) is 8.52. The van der Waals surface area contributed by atoms with E-state index in [1.165, 1.54) is 40.6 Å². The summed E-state index contributed by atoms with van der Waals surface area (Å²) in [6.45, 7) is 5.30. The van der Waals surface area contributed by atoms with Gasteiger partial charge in [0.15, 0.2) is 16.6 Å². The molecule has 10 heteroatoms. The van der Waals surface area contributed by atoms with Crippen molar-refractivity contribution >= 4 is 34.6 Å². The Hall–Kier alpha value is -3.92. The average Bonchev–Trinajstić information content (AvgIpc) is 2.79. The highest BCUT2D eigenvalue weighted by Crippen LogP contribution is 2.26. The van der Waals surface area contributed by atoms with E-state index < -0.39 is 23.1 Å². The average molecular weight is 495 g/mol. The quantitative estimate of drug-likeness (QED) is 0.277. The van der Waals surface area contributed by atoms with E-state index in [0.717, 1.165) is 0 Å². The second kappa shape index (κ2) is 9.75. The van der Waals surface area contributed by atoms with Crippen LogP contribution in [0.1, 0.15) is 20.8 Å². The number of fused-ring (bicyclic) bond motifs is 1. The maximum atomic E-state index is 13.6. The lowest BCUT2D eigenvalue weighted by Gasteiger charge is -2.20. The van der Waals surface area contributed by atoms with Gasteiger partial charge in [-0.25, -0.2) is 19.2 Å². The molecule has 0 unspecified atom stereocenters. The molecule has 0 atom stereocenters. The first-order chi connectivity index (χ1) is 16.6. The van der Waals surface area contributed by atoms with Crippen LogP contribution in [-0.2, 0) is 4.74 Å². The van der Waals surface area contributed by atoms with Crippen molar-refractivity contribution in [1.29, 1.82) is 0 Å². The zero-order valence-corrected chi connectivity index (χ0v) is 20.4. The maximum Gasteiger partial charge on any atom is 0.412 e. The number of thioether (sulfide) groups is 1. The number of amides is 1. The Morgan fingerprint density at radius 1 is 1.11 bits per heavy atom. The van der Waals surface area contributed by atoms with Gasteiger partial charge in [-0.15, -0.1) is 0 Å². The van der Waals surface area contributed by atoms with Gasteiger partial charge in [0.05, 0.1) is 5.69 Å². The van der Waals surface area contributed by atoms with Crippen LogP contribution < -0.4 is 15.6 Å². The molecule has 0 saturated carbocycles. The number of hydrogen-bond donors (Lipinski definition) is 1. The number of benzene rings is 2. The van der Waals surface area contributed by atoms with E-state index in [2.05, 4.69) is 15.3 Å². The van der Waals surface area contributed by atoms with E-state index in [4.69, 9.17) is 9.47 Å². The third-order valence-corrected chi connectivity index (χ3v) is 5.22. The summed E-state index contributed by atoms with van der Waals surface area (Å²) in [6.07, 6.45) is 2.82. The van der Waals surface area contributed by atoms with Gasteiger partial charge in [0.2, 0.25) is 0 Å². The number of halogens is 1. The number of carbonyl (C=O) groups is 1.